The number of carbonyl (C=O) groups excluding carboxylic acids is 1. The highest BCUT2D eigenvalue weighted by atomic mass is 16.3. The van der Waals surface area contributed by atoms with E-state index in [0.29, 0.717) is 18.7 Å². The number of fused-ring (bicyclic) bond motifs is 2. The molecule has 0 aliphatic carbocycles. The number of aliphatic hydroxyl groups excluding tert-OH is 1. The van der Waals surface area contributed by atoms with Crippen molar-refractivity contribution in [3.63, 3.8) is 0 Å². The summed E-state index contributed by atoms with van der Waals surface area (Å²) in [4.78, 5) is 30.7. The van der Waals surface area contributed by atoms with E-state index in [-0.39, 0.29) is 23.8 Å². The molecule has 40 heavy (non-hydrogen) atoms. The summed E-state index contributed by atoms with van der Waals surface area (Å²) in [6.07, 6.45) is 7.74. The summed E-state index contributed by atoms with van der Waals surface area (Å²) in [5, 5.41) is 21.5. The minimum Gasteiger partial charge on any atom is -0.394 e. The summed E-state index contributed by atoms with van der Waals surface area (Å²) >= 11 is 0. The van der Waals surface area contributed by atoms with Gasteiger partial charge in [-0.2, -0.15) is 5.10 Å². The van der Waals surface area contributed by atoms with Gasteiger partial charge in [0.2, 0.25) is 0 Å². The van der Waals surface area contributed by atoms with E-state index in [0.717, 1.165) is 51.0 Å². The van der Waals surface area contributed by atoms with Crippen LogP contribution in [0.25, 0.3) is 33.2 Å². The first-order chi connectivity index (χ1) is 19.4. The van der Waals surface area contributed by atoms with E-state index in [9.17, 15) is 9.90 Å². The topological polar surface area (TPSA) is 131 Å². The minimum absolute atomic E-state index is 0.00467. The second-order valence-corrected chi connectivity index (χ2v) is 10.2. The van der Waals surface area contributed by atoms with Gasteiger partial charge in [0, 0.05) is 54.0 Å². The molecule has 2 atom stereocenters. The molecule has 0 aliphatic heterocycles. The zero-order valence-corrected chi connectivity index (χ0v) is 23.2. The predicted octanol–water partition coefficient (Wildman–Crippen LogP) is 4.20. The molecule has 3 N–H and O–H groups in total. The quantitative estimate of drug-likeness (QED) is 0.241. The maximum absolute atomic E-state index is 12.5. The van der Waals surface area contributed by atoms with Crippen LogP contribution in [0.15, 0.2) is 61.3 Å². The van der Waals surface area contributed by atoms with Gasteiger partial charge >= 0.3 is 0 Å². The zero-order valence-electron chi connectivity index (χ0n) is 23.2. The van der Waals surface area contributed by atoms with Crippen molar-refractivity contribution in [2.45, 2.75) is 39.2 Å². The summed E-state index contributed by atoms with van der Waals surface area (Å²) in [6.45, 7) is 7.75. The smallest absolute Gasteiger partial charge is 0.251 e. The Morgan fingerprint density at radius 1 is 1.12 bits per heavy atom. The van der Waals surface area contributed by atoms with Crippen LogP contribution in [-0.2, 0) is 12.0 Å². The molecule has 1 amide bonds. The van der Waals surface area contributed by atoms with Crippen LogP contribution in [-0.4, -0.2) is 60.9 Å². The number of amides is 1. The van der Waals surface area contributed by atoms with E-state index in [1.165, 1.54) is 0 Å². The normalized spacial score (nSPS) is 13.7. The first kappa shape index (κ1) is 27.1. The second kappa shape index (κ2) is 11.4. The maximum Gasteiger partial charge on any atom is 0.251 e. The van der Waals surface area contributed by atoms with Gasteiger partial charge in [-0.25, -0.2) is 19.6 Å². The highest BCUT2D eigenvalue weighted by molar-refractivity contribution is 6.07. The van der Waals surface area contributed by atoms with Gasteiger partial charge in [0.25, 0.3) is 5.91 Å². The van der Waals surface area contributed by atoms with E-state index in [4.69, 9.17) is 4.98 Å². The van der Waals surface area contributed by atoms with Crippen LogP contribution in [0.3, 0.4) is 0 Å². The molecule has 5 rings (SSSR count). The lowest BCUT2D eigenvalue weighted by molar-refractivity contribution is 0.0964. The number of hydrogen-bond donors (Lipinski definition) is 3. The van der Waals surface area contributed by atoms with Gasteiger partial charge in [-0.3, -0.25) is 9.78 Å². The first-order valence-electron chi connectivity index (χ1n) is 13.5. The van der Waals surface area contributed by atoms with E-state index < -0.39 is 0 Å². The van der Waals surface area contributed by atoms with Gasteiger partial charge in [0.1, 0.15) is 12.1 Å². The predicted molar refractivity (Wildman–Crippen MR) is 156 cm³/mol. The summed E-state index contributed by atoms with van der Waals surface area (Å²) in [6, 6.07) is 11.7. The molecule has 0 saturated heterocycles. The van der Waals surface area contributed by atoms with Crippen molar-refractivity contribution < 1.29 is 9.90 Å². The molecule has 206 valence electrons. The standard InChI is InChI=1S/C30H34N8O2/c1-5-30(3,24-9-8-23(29(40)31-4)22-7-6-10-32-27(22)24)19(2)15-33-26-14-25(35-18-36-26)20-13-21-17-37-38(11-12-39)28(21)34-16-20/h6-10,13-14,16-19,39H,5,11-12,15H2,1-4H3,(H,31,40)(H,33,35,36)/t19?,30-/m0/s1. The molecule has 0 aliphatic rings. The molecule has 4 aromatic heterocycles. The number of nitrogens with one attached hydrogen (secondary N) is 2. The molecule has 0 saturated carbocycles. The average Bonchev–Trinajstić information content (AvgIpc) is 3.40. The molecule has 10 heteroatoms. The number of benzene rings is 1. The largest absolute Gasteiger partial charge is 0.394 e. The summed E-state index contributed by atoms with van der Waals surface area (Å²) in [7, 11) is 1.64. The Labute approximate surface area is 232 Å². The van der Waals surface area contributed by atoms with Gasteiger partial charge in [0.15, 0.2) is 5.65 Å². The van der Waals surface area contributed by atoms with Gasteiger partial charge in [-0.15, -0.1) is 0 Å². The summed E-state index contributed by atoms with van der Waals surface area (Å²) < 4.78 is 1.68. The second-order valence-electron chi connectivity index (χ2n) is 10.2. The fourth-order valence-corrected chi connectivity index (χ4v) is 5.24. The molecule has 0 radical (unpaired) electrons. The van der Waals surface area contributed by atoms with Gasteiger partial charge in [-0.05, 0) is 41.5 Å². The van der Waals surface area contributed by atoms with Crippen molar-refractivity contribution in [1.29, 1.82) is 0 Å². The lowest BCUT2D eigenvalue weighted by Crippen LogP contribution is -2.35. The van der Waals surface area contributed by atoms with Crippen LogP contribution < -0.4 is 10.6 Å². The van der Waals surface area contributed by atoms with E-state index in [1.54, 1.807) is 36.6 Å². The number of aromatic nitrogens is 6. The van der Waals surface area contributed by atoms with Crippen molar-refractivity contribution in [3.05, 3.63) is 72.4 Å². The Morgan fingerprint density at radius 2 is 1.98 bits per heavy atom. The van der Waals surface area contributed by atoms with Crippen LogP contribution >= 0.6 is 0 Å². The van der Waals surface area contributed by atoms with E-state index in [2.05, 4.69) is 57.5 Å². The third kappa shape index (κ3) is 4.98. The molecular weight excluding hydrogens is 504 g/mol. The molecule has 0 bridgehead atoms. The minimum atomic E-state index is -0.208. The zero-order chi connectivity index (χ0) is 28.3. The first-order valence-corrected chi connectivity index (χ1v) is 13.5. The number of nitrogens with zero attached hydrogens (tertiary/aromatic N) is 6. The SMILES string of the molecule is CC[C@](C)(c1ccc(C(=O)NC)c2cccnc12)C(C)CNc1cc(-c2cnc3c(cnn3CCO)c2)ncn1. The molecular formula is C30H34N8O2. The highest BCUT2D eigenvalue weighted by Gasteiger charge is 2.34. The summed E-state index contributed by atoms with van der Waals surface area (Å²) in [5.41, 5.74) is 4.74. The third-order valence-corrected chi connectivity index (χ3v) is 8.02. The molecule has 10 nitrogen and oxygen atoms in total. The molecule has 0 fully saturated rings. The van der Waals surface area contributed by atoms with Gasteiger partial charge in [0.05, 0.1) is 30.6 Å². The molecule has 5 aromatic rings. The van der Waals surface area contributed by atoms with E-state index in [1.807, 2.05) is 30.3 Å². The van der Waals surface area contributed by atoms with Crippen LogP contribution in [0.2, 0.25) is 0 Å². The number of rotatable bonds is 10. The van der Waals surface area contributed by atoms with Crippen molar-refractivity contribution >= 4 is 33.7 Å². The van der Waals surface area contributed by atoms with Crippen LogP contribution in [0.1, 0.15) is 43.1 Å². The Balaban J connectivity index is 1.38. The highest BCUT2D eigenvalue weighted by Crippen LogP contribution is 2.39. The number of anilines is 1. The Kier molecular flexibility index (Phi) is 7.70. The number of carbonyl (C=O) groups is 1. The summed E-state index contributed by atoms with van der Waals surface area (Å²) in [5.74, 6) is 0.817. The average molecular weight is 539 g/mol. The van der Waals surface area contributed by atoms with Gasteiger partial charge in [-0.1, -0.05) is 32.9 Å². The molecule has 4 heterocycles. The monoisotopic (exact) mass is 538 g/mol. The van der Waals surface area contributed by atoms with Crippen molar-refractivity contribution in [3.8, 4) is 11.3 Å². The third-order valence-electron chi connectivity index (χ3n) is 8.02. The lowest BCUT2D eigenvalue weighted by Gasteiger charge is -2.36. The Bertz CT molecular complexity index is 1670. The molecule has 1 unspecified atom stereocenters. The van der Waals surface area contributed by atoms with Crippen molar-refractivity contribution in [1.82, 2.24) is 35.0 Å². The van der Waals surface area contributed by atoms with Crippen molar-refractivity contribution in [2.24, 2.45) is 5.92 Å². The number of aliphatic hydroxyl groups is 1. The van der Waals surface area contributed by atoms with E-state index >= 15 is 0 Å². The van der Waals surface area contributed by atoms with Gasteiger partial charge < -0.3 is 15.7 Å². The maximum atomic E-state index is 12.5. The fourth-order valence-electron chi connectivity index (χ4n) is 5.24. The number of hydrogen-bond acceptors (Lipinski definition) is 8. The fraction of sp³-hybridized carbons (Fsp3) is 0.333. The molecule has 1 aromatic carbocycles. The van der Waals surface area contributed by atoms with Crippen LogP contribution in [0.4, 0.5) is 5.82 Å². The lowest BCUT2D eigenvalue weighted by atomic mass is 9.69. The Morgan fingerprint density at radius 3 is 2.75 bits per heavy atom. The molecule has 0 spiro atoms. The van der Waals surface area contributed by atoms with Crippen molar-refractivity contribution in [2.75, 3.05) is 25.5 Å². The Hall–Kier alpha value is -4.44. The van der Waals surface area contributed by atoms with Crippen LogP contribution in [0, 0.1) is 5.92 Å². The number of pyridine rings is 2. The van der Waals surface area contributed by atoms with Crippen LogP contribution in [0.5, 0.6) is 0 Å².